The molecule has 10 heteroatoms. The Morgan fingerprint density at radius 3 is 2.42 bits per heavy atom. The van der Waals surface area contributed by atoms with Gasteiger partial charge in [0.15, 0.2) is 0 Å². The number of hydrogen-bond acceptors (Lipinski definition) is 5. The highest BCUT2D eigenvalue weighted by Gasteiger charge is 2.28. The maximum absolute atomic E-state index is 14.5. The molecule has 1 heterocycles. The molecule has 1 amide bonds. The van der Waals surface area contributed by atoms with Crippen LogP contribution >= 0.6 is 0 Å². The van der Waals surface area contributed by atoms with Crippen molar-refractivity contribution < 1.29 is 17.6 Å². The van der Waals surface area contributed by atoms with Crippen LogP contribution in [-0.4, -0.2) is 52.6 Å². The molecule has 8 nitrogen and oxygen atoms in total. The highest BCUT2D eigenvalue weighted by atomic mass is 32.2. The number of carbonyl (C=O) groups excluding carboxylic acids is 1. The van der Waals surface area contributed by atoms with Crippen LogP contribution in [0.2, 0.25) is 0 Å². The Morgan fingerprint density at radius 2 is 1.79 bits per heavy atom. The number of nitrogens with zero attached hydrogens (tertiary/aromatic N) is 3. The maximum Gasteiger partial charge on any atom is 0.258 e. The number of aromatic amines is 1. The van der Waals surface area contributed by atoms with Gasteiger partial charge in [-0.3, -0.25) is 9.59 Å². The van der Waals surface area contributed by atoms with Gasteiger partial charge in [0.05, 0.1) is 17.4 Å². The molecule has 3 aromatic rings. The Bertz CT molecular complexity index is 1330. The van der Waals surface area contributed by atoms with Crippen molar-refractivity contribution in [1.82, 2.24) is 19.2 Å². The minimum Gasteiger partial charge on any atom is -0.329 e. The first kappa shape index (κ1) is 24.5. The number of carbonyl (C=O) groups is 1. The van der Waals surface area contributed by atoms with Gasteiger partial charge in [0.2, 0.25) is 10.0 Å². The van der Waals surface area contributed by atoms with E-state index < -0.39 is 26.6 Å². The van der Waals surface area contributed by atoms with Gasteiger partial charge in [-0.05, 0) is 44.2 Å². The molecule has 0 radical (unpaired) electrons. The van der Waals surface area contributed by atoms with E-state index in [0.717, 1.165) is 16.4 Å². The number of halogens is 1. The van der Waals surface area contributed by atoms with E-state index in [1.54, 1.807) is 52.0 Å². The maximum atomic E-state index is 14.5. The van der Waals surface area contributed by atoms with Crippen molar-refractivity contribution in [3.05, 3.63) is 70.0 Å². The average molecular weight is 475 g/mol. The molecule has 3 rings (SSSR count). The lowest BCUT2D eigenvalue weighted by Gasteiger charge is -2.27. The molecular weight excluding hydrogens is 447 g/mol. The number of sulfonamides is 1. The predicted octanol–water partition coefficient (Wildman–Crippen LogP) is 3.14. The number of hydrogen-bond donors (Lipinski definition) is 1. The molecule has 1 N–H and O–H groups in total. The Labute approximate surface area is 192 Å². The van der Waals surface area contributed by atoms with Gasteiger partial charge in [0.1, 0.15) is 16.5 Å². The van der Waals surface area contributed by atoms with Crippen molar-refractivity contribution in [2.24, 2.45) is 0 Å². The molecule has 0 bridgehead atoms. The largest absolute Gasteiger partial charge is 0.329 e. The van der Waals surface area contributed by atoms with Gasteiger partial charge in [0.25, 0.3) is 11.5 Å². The lowest BCUT2D eigenvalue weighted by atomic mass is 10.1. The summed E-state index contributed by atoms with van der Waals surface area (Å²) >= 11 is 0. The summed E-state index contributed by atoms with van der Waals surface area (Å²) < 4.78 is 41.3. The molecule has 176 valence electrons. The van der Waals surface area contributed by atoms with Crippen LogP contribution in [0.4, 0.5) is 4.39 Å². The van der Waals surface area contributed by atoms with E-state index in [1.165, 1.54) is 11.0 Å². The van der Waals surface area contributed by atoms with Gasteiger partial charge in [-0.1, -0.05) is 26.0 Å². The summed E-state index contributed by atoms with van der Waals surface area (Å²) in [5.41, 5.74) is 0.210. The van der Waals surface area contributed by atoms with E-state index in [1.807, 2.05) is 0 Å². The molecule has 0 aliphatic carbocycles. The van der Waals surface area contributed by atoms with Gasteiger partial charge in [-0.2, -0.15) is 4.31 Å². The van der Waals surface area contributed by atoms with Crippen molar-refractivity contribution in [3.63, 3.8) is 0 Å². The van der Waals surface area contributed by atoms with Crippen LogP contribution in [0.3, 0.4) is 0 Å². The lowest BCUT2D eigenvalue weighted by Crippen LogP contribution is -2.37. The summed E-state index contributed by atoms with van der Waals surface area (Å²) in [4.78, 5) is 33.7. The number of aromatic nitrogens is 2. The zero-order chi connectivity index (χ0) is 24.3. The molecule has 0 atom stereocenters. The SMILES string of the molecule is CCN(CC)S(=O)(=O)c1cc(C(=O)N(Cc2nc3ccccc3c(=O)[nH]2)C(C)C)ccc1F. The monoisotopic (exact) mass is 474 g/mol. The molecule has 0 spiro atoms. The van der Waals surface area contributed by atoms with Crippen LogP contribution < -0.4 is 5.56 Å². The van der Waals surface area contributed by atoms with Crippen molar-refractivity contribution in [2.45, 2.75) is 45.2 Å². The van der Waals surface area contributed by atoms with Gasteiger partial charge in [-0.25, -0.2) is 17.8 Å². The summed E-state index contributed by atoms with van der Waals surface area (Å²) in [7, 11) is -4.09. The number of amides is 1. The number of rotatable bonds is 8. The Morgan fingerprint density at radius 1 is 1.12 bits per heavy atom. The van der Waals surface area contributed by atoms with Crippen LogP contribution in [0.25, 0.3) is 10.9 Å². The molecule has 0 unspecified atom stereocenters. The van der Waals surface area contributed by atoms with E-state index in [4.69, 9.17) is 0 Å². The lowest BCUT2D eigenvalue weighted by molar-refractivity contribution is 0.0684. The summed E-state index contributed by atoms with van der Waals surface area (Å²) in [5, 5.41) is 0.438. The summed E-state index contributed by atoms with van der Waals surface area (Å²) in [6.07, 6.45) is 0. The van der Waals surface area contributed by atoms with Gasteiger partial charge >= 0.3 is 0 Å². The van der Waals surface area contributed by atoms with Crippen LogP contribution in [0.15, 0.2) is 52.2 Å². The molecule has 2 aromatic carbocycles. The Kier molecular flexibility index (Phi) is 7.28. The van der Waals surface area contributed by atoms with E-state index >= 15 is 0 Å². The smallest absolute Gasteiger partial charge is 0.258 e. The Balaban J connectivity index is 1.99. The first-order valence-corrected chi connectivity index (χ1v) is 12.1. The van der Waals surface area contributed by atoms with Crippen molar-refractivity contribution >= 4 is 26.8 Å². The van der Waals surface area contributed by atoms with Gasteiger partial charge in [0, 0.05) is 24.7 Å². The second-order valence-electron chi connectivity index (χ2n) is 7.79. The van der Waals surface area contributed by atoms with E-state index in [9.17, 15) is 22.4 Å². The normalized spacial score (nSPS) is 12.0. The Hall–Kier alpha value is -3.11. The van der Waals surface area contributed by atoms with Crippen molar-refractivity contribution in [2.75, 3.05) is 13.1 Å². The summed E-state index contributed by atoms with van der Waals surface area (Å²) in [6, 6.07) is 9.87. The molecule has 1 aromatic heterocycles. The van der Waals surface area contributed by atoms with Crippen LogP contribution in [-0.2, 0) is 16.6 Å². The molecular formula is C23H27FN4O4S. The van der Waals surface area contributed by atoms with Gasteiger partial charge < -0.3 is 9.88 Å². The van der Waals surface area contributed by atoms with Gasteiger partial charge in [-0.15, -0.1) is 0 Å². The average Bonchev–Trinajstić information content (AvgIpc) is 2.77. The number of benzene rings is 2. The number of para-hydroxylation sites is 1. The van der Waals surface area contributed by atoms with Crippen LogP contribution in [0, 0.1) is 5.82 Å². The predicted molar refractivity (Wildman–Crippen MR) is 124 cm³/mol. The fourth-order valence-electron chi connectivity index (χ4n) is 3.56. The van der Waals surface area contributed by atoms with Crippen molar-refractivity contribution in [3.8, 4) is 0 Å². The van der Waals surface area contributed by atoms with E-state index in [0.29, 0.717) is 16.7 Å². The third-order valence-corrected chi connectivity index (χ3v) is 7.43. The highest BCUT2D eigenvalue weighted by molar-refractivity contribution is 7.89. The second-order valence-corrected chi connectivity index (χ2v) is 9.70. The molecule has 0 saturated carbocycles. The zero-order valence-corrected chi connectivity index (χ0v) is 19.8. The fraction of sp³-hybridized carbons (Fsp3) is 0.348. The third kappa shape index (κ3) is 4.96. The summed E-state index contributed by atoms with van der Waals surface area (Å²) in [6.45, 7) is 7.23. The minimum absolute atomic E-state index is 0.00786. The number of fused-ring (bicyclic) bond motifs is 1. The van der Waals surface area contributed by atoms with Crippen LogP contribution in [0.1, 0.15) is 43.9 Å². The topological polar surface area (TPSA) is 103 Å². The molecule has 0 aliphatic rings. The molecule has 0 fully saturated rings. The van der Waals surface area contributed by atoms with Crippen molar-refractivity contribution in [1.29, 1.82) is 0 Å². The molecule has 0 saturated heterocycles. The molecule has 0 aliphatic heterocycles. The summed E-state index contributed by atoms with van der Waals surface area (Å²) in [5.74, 6) is -1.13. The van der Waals surface area contributed by atoms with E-state index in [-0.39, 0.29) is 36.8 Å². The fourth-order valence-corrected chi connectivity index (χ4v) is 5.11. The standard InChI is InChI=1S/C23H27FN4O4S/c1-5-27(6-2)33(31,32)20-13-16(11-12-18(20)24)23(30)28(15(3)4)14-21-25-19-10-8-7-9-17(19)22(29)26-21/h7-13,15H,5-6,14H2,1-4H3,(H,25,26,29). The third-order valence-electron chi connectivity index (χ3n) is 5.37. The number of nitrogens with one attached hydrogen (secondary N) is 1. The first-order chi connectivity index (χ1) is 15.6. The number of H-pyrrole nitrogens is 1. The second kappa shape index (κ2) is 9.80. The zero-order valence-electron chi connectivity index (χ0n) is 19.0. The first-order valence-electron chi connectivity index (χ1n) is 10.7. The highest BCUT2D eigenvalue weighted by Crippen LogP contribution is 2.22. The minimum atomic E-state index is -4.09. The van der Waals surface area contributed by atoms with E-state index in [2.05, 4.69) is 9.97 Å². The van der Waals surface area contributed by atoms with Crippen LogP contribution in [0.5, 0.6) is 0 Å². The molecule has 33 heavy (non-hydrogen) atoms. The quantitative estimate of drug-likeness (QED) is 0.540.